The fourth-order valence-corrected chi connectivity index (χ4v) is 4.78. The zero-order valence-corrected chi connectivity index (χ0v) is 19.2. The number of halogens is 3. The van der Waals surface area contributed by atoms with Crippen molar-refractivity contribution in [3.05, 3.63) is 71.7 Å². The van der Waals surface area contributed by atoms with Gasteiger partial charge in [0.15, 0.2) is 0 Å². The molecule has 5 rings (SSSR count). The molecule has 1 saturated carbocycles. The summed E-state index contributed by atoms with van der Waals surface area (Å²) in [5, 5.41) is 6.45. The van der Waals surface area contributed by atoms with E-state index in [0.717, 1.165) is 49.3 Å². The lowest BCUT2D eigenvalue weighted by Crippen LogP contribution is -2.65. The summed E-state index contributed by atoms with van der Waals surface area (Å²) in [4.78, 5) is 20.9. The third-order valence-corrected chi connectivity index (χ3v) is 6.73. The van der Waals surface area contributed by atoms with E-state index in [1.807, 2.05) is 19.1 Å². The second-order valence-electron chi connectivity index (χ2n) is 9.29. The molecule has 9 heteroatoms. The lowest BCUT2D eigenvalue weighted by Gasteiger charge is -2.54. The molecule has 0 atom stereocenters. The standard InChI is InChI=1S/C26H25F3N4O2/c1-2-16-7-17(3-4-22(16)24(34)33-19-10-25(11-19)14-31-15-25)23-9-20(5-6-32-23)35-21-8-18(12-30-13-21)26(27,28)29/h3-9,12-13,19,31H,2,10-11,14-15H2,1H3,(H,33,34). The number of benzene rings is 1. The van der Waals surface area contributed by atoms with E-state index in [1.54, 1.807) is 18.2 Å². The van der Waals surface area contributed by atoms with Crippen molar-refractivity contribution in [2.45, 2.75) is 38.4 Å². The Labute approximate surface area is 200 Å². The fourth-order valence-electron chi connectivity index (χ4n) is 4.78. The Morgan fingerprint density at radius 3 is 2.63 bits per heavy atom. The van der Waals surface area contributed by atoms with Crippen LogP contribution in [0.4, 0.5) is 13.2 Å². The maximum absolute atomic E-state index is 13.0. The first-order chi connectivity index (χ1) is 16.7. The van der Waals surface area contributed by atoms with Crippen LogP contribution in [0, 0.1) is 5.41 Å². The zero-order valence-electron chi connectivity index (χ0n) is 19.2. The molecule has 182 valence electrons. The molecule has 0 bridgehead atoms. The first kappa shape index (κ1) is 23.3. The number of rotatable bonds is 6. The third kappa shape index (κ3) is 4.86. The molecule has 2 aromatic heterocycles. The van der Waals surface area contributed by atoms with Gasteiger partial charge < -0.3 is 15.4 Å². The molecule has 1 amide bonds. The van der Waals surface area contributed by atoms with E-state index in [0.29, 0.717) is 28.8 Å². The number of hydrogen-bond donors (Lipinski definition) is 2. The first-order valence-corrected chi connectivity index (χ1v) is 11.6. The van der Waals surface area contributed by atoms with Gasteiger partial charge in [-0.3, -0.25) is 14.8 Å². The Kier molecular flexibility index (Phi) is 5.96. The molecule has 1 saturated heterocycles. The summed E-state index contributed by atoms with van der Waals surface area (Å²) < 4.78 is 44.5. The van der Waals surface area contributed by atoms with Crippen molar-refractivity contribution in [3.8, 4) is 22.8 Å². The van der Waals surface area contributed by atoms with Crippen LogP contribution in [-0.4, -0.2) is 35.0 Å². The van der Waals surface area contributed by atoms with Crippen molar-refractivity contribution < 1.29 is 22.7 Å². The highest BCUT2D eigenvalue weighted by Crippen LogP contribution is 2.44. The van der Waals surface area contributed by atoms with Crippen LogP contribution in [0.5, 0.6) is 11.5 Å². The number of ether oxygens (including phenoxy) is 1. The summed E-state index contributed by atoms with van der Waals surface area (Å²) in [6, 6.07) is 9.88. The second kappa shape index (κ2) is 8.96. The number of carbonyl (C=O) groups excluding carboxylic acids is 1. The SMILES string of the molecule is CCc1cc(-c2cc(Oc3cncc(C(F)(F)F)c3)ccn2)ccc1C(=O)NC1CC2(CNC2)C1. The molecule has 0 radical (unpaired) electrons. The van der Waals surface area contributed by atoms with E-state index in [1.165, 1.54) is 12.4 Å². The van der Waals surface area contributed by atoms with E-state index in [9.17, 15) is 18.0 Å². The highest BCUT2D eigenvalue weighted by Gasteiger charge is 2.48. The molecule has 1 spiro atoms. The van der Waals surface area contributed by atoms with Crippen LogP contribution in [0.3, 0.4) is 0 Å². The molecule has 3 heterocycles. The van der Waals surface area contributed by atoms with E-state index < -0.39 is 11.7 Å². The molecule has 1 aromatic carbocycles. The topological polar surface area (TPSA) is 76.1 Å². The Morgan fingerprint density at radius 2 is 1.94 bits per heavy atom. The van der Waals surface area contributed by atoms with Crippen molar-refractivity contribution >= 4 is 5.91 Å². The number of nitrogens with zero attached hydrogens (tertiary/aromatic N) is 2. The summed E-state index contributed by atoms with van der Waals surface area (Å²) in [5.74, 6) is 0.247. The van der Waals surface area contributed by atoms with E-state index >= 15 is 0 Å². The van der Waals surface area contributed by atoms with Crippen molar-refractivity contribution in [3.63, 3.8) is 0 Å². The number of amides is 1. The summed E-state index contributed by atoms with van der Waals surface area (Å²) in [5.41, 5.74) is 2.42. The second-order valence-corrected chi connectivity index (χ2v) is 9.29. The van der Waals surface area contributed by atoms with E-state index in [4.69, 9.17) is 4.74 Å². The van der Waals surface area contributed by atoms with Gasteiger partial charge >= 0.3 is 6.18 Å². The molecule has 2 N–H and O–H groups in total. The fraction of sp³-hybridized carbons (Fsp3) is 0.346. The number of carbonyl (C=O) groups is 1. The Hall–Kier alpha value is -3.46. The van der Waals surface area contributed by atoms with Gasteiger partial charge in [0.25, 0.3) is 5.91 Å². The Morgan fingerprint density at radius 1 is 1.14 bits per heavy atom. The number of aromatic nitrogens is 2. The largest absolute Gasteiger partial charge is 0.456 e. The van der Waals surface area contributed by atoms with Gasteiger partial charge in [0.2, 0.25) is 0 Å². The molecule has 1 aliphatic heterocycles. The first-order valence-electron chi connectivity index (χ1n) is 11.6. The van der Waals surface area contributed by atoms with Crippen molar-refractivity contribution in [1.82, 2.24) is 20.6 Å². The molecule has 1 aliphatic carbocycles. The van der Waals surface area contributed by atoms with Gasteiger partial charge in [-0.2, -0.15) is 13.2 Å². The summed E-state index contributed by atoms with van der Waals surface area (Å²) >= 11 is 0. The minimum Gasteiger partial charge on any atom is -0.456 e. The Balaban J connectivity index is 1.31. The van der Waals surface area contributed by atoms with Crippen molar-refractivity contribution in [2.75, 3.05) is 13.1 Å². The summed E-state index contributed by atoms with van der Waals surface area (Å²) in [6.45, 7) is 4.06. The molecular weight excluding hydrogens is 457 g/mol. The number of alkyl halides is 3. The van der Waals surface area contributed by atoms with Crippen LogP contribution in [-0.2, 0) is 12.6 Å². The molecule has 6 nitrogen and oxygen atoms in total. The van der Waals surface area contributed by atoms with Crippen LogP contribution < -0.4 is 15.4 Å². The van der Waals surface area contributed by atoms with Crippen LogP contribution in [0.1, 0.15) is 41.3 Å². The van der Waals surface area contributed by atoms with Crippen LogP contribution in [0.15, 0.2) is 55.0 Å². The van der Waals surface area contributed by atoms with Gasteiger partial charge in [-0.25, -0.2) is 0 Å². The number of nitrogens with one attached hydrogen (secondary N) is 2. The summed E-state index contributed by atoms with van der Waals surface area (Å²) in [7, 11) is 0. The minimum atomic E-state index is -4.51. The average Bonchev–Trinajstić information content (AvgIpc) is 2.79. The minimum absolute atomic E-state index is 0.0197. The molecule has 35 heavy (non-hydrogen) atoms. The third-order valence-electron chi connectivity index (χ3n) is 6.73. The smallest absolute Gasteiger partial charge is 0.418 e. The van der Waals surface area contributed by atoms with Gasteiger partial charge in [-0.1, -0.05) is 13.0 Å². The molecular formula is C26H25F3N4O2. The number of pyridine rings is 2. The van der Waals surface area contributed by atoms with E-state index in [-0.39, 0.29) is 17.7 Å². The van der Waals surface area contributed by atoms with Gasteiger partial charge in [-0.05, 0) is 54.5 Å². The monoisotopic (exact) mass is 482 g/mol. The summed E-state index contributed by atoms with van der Waals surface area (Å²) in [6.07, 6.45) is 1.70. The highest BCUT2D eigenvalue weighted by molar-refractivity contribution is 5.96. The van der Waals surface area contributed by atoms with Gasteiger partial charge in [-0.15, -0.1) is 0 Å². The Bertz CT molecular complexity index is 1250. The number of aryl methyl sites for hydroxylation is 1. The molecule has 3 aromatic rings. The van der Waals surface area contributed by atoms with Gasteiger partial charge in [0.1, 0.15) is 11.5 Å². The maximum Gasteiger partial charge on any atom is 0.418 e. The van der Waals surface area contributed by atoms with Crippen LogP contribution in [0.25, 0.3) is 11.3 Å². The predicted molar refractivity (Wildman–Crippen MR) is 124 cm³/mol. The molecule has 2 fully saturated rings. The zero-order chi connectivity index (χ0) is 24.6. The van der Waals surface area contributed by atoms with Crippen LogP contribution in [0.2, 0.25) is 0 Å². The quantitative estimate of drug-likeness (QED) is 0.517. The highest BCUT2D eigenvalue weighted by atomic mass is 19.4. The lowest BCUT2D eigenvalue weighted by molar-refractivity contribution is -0.137. The van der Waals surface area contributed by atoms with Crippen molar-refractivity contribution in [2.24, 2.45) is 5.41 Å². The maximum atomic E-state index is 13.0. The predicted octanol–water partition coefficient (Wildman–Crippen LogP) is 5.00. The molecule has 0 unspecified atom stereocenters. The number of hydrogen-bond acceptors (Lipinski definition) is 5. The van der Waals surface area contributed by atoms with Crippen LogP contribution >= 0.6 is 0 Å². The van der Waals surface area contributed by atoms with Crippen molar-refractivity contribution in [1.29, 1.82) is 0 Å². The normalized spacial score (nSPS) is 16.9. The lowest BCUT2D eigenvalue weighted by atomic mass is 9.61. The average molecular weight is 483 g/mol. The molecule has 2 aliphatic rings. The van der Waals surface area contributed by atoms with Gasteiger partial charge in [0, 0.05) is 48.7 Å². The van der Waals surface area contributed by atoms with E-state index in [2.05, 4.69) is 20.6 Å². The van der Waals surface area contributed by atoms with Gasteiger partial charge in [0.05, 0.1) is 17.5 Å².